The number of hydrogen-bond donors (Lipinski definition) is 2. The molecule has 0 radical (unpaired) electrons. The van der Waals surface area contributed by atoms with Crippen molar-refractivity contribution in [1.82, 2.24) is 9.97 Å². The lowest BCUT2D eigenvalue weighted by Gasteiger charge is -2.25. The predicted octanol–water partition coefficient (Wildman–Crippen LogP) is 5.32. The molecule has 7 heteroatoms. The van der Waals surface area contributed by atoms with Crippen LogP contribution in [0.2, 0.25) is 4.34 Å². The van der Waals surface area contributed by atoms with Crippen LogP contribution in [0.4, 0.5) is 5.82 Å². The largest absolute Gasteiger partial charge is 0.481 e. The van der Waals surface area contributed by atoms with Crippen LogP contribution in [0.5, 0.6) is 0 Å². The molecule has 4 rings (SSSR count). The predicted molar refractivity (Wildman–Crippen MR) is 109 cm³/mol. The van der Waals surface area contributed by atoms with Crippen LogP contribution in [-0.2, 0) is 11.3 Å². The Morgan fingerprint density at radius 1 is 1.19 bits per heavy atom. The highest BCUT2D eigenvalue weighted by molar-refractivity contribution is 7.22. The maximum atomic E-state index is 11.2. The number of halogens is 1. The Balaban J connectivity index is 1.59. The van der Waals surface area contributed by atoms with Crippen LogP contribution in [0.1, 0.15) is 43.0 Å². The quantitative estimate of drug-likeness (QED) is 0.605. The summed E-state index contributed by atoms with van der Waals surface area (Å²) in [6.45, 7) is 0.672. The van der Waals surface area contributed by atoms with E-state index in [-0.39, 0.29) is 11.8 Å². The van der Waals surface area contributed by atoms with Gasteiger partial charge in [-0.3, -0.25) is 4.79 Å². The molecule has 1 aliphatic rings. The molecule has 1 aliphatic carbocycles. The van der Waals surface area contributed by atoms with Crippen molar-refractivity contribution in [2.24, 2.45) is 5.92 Å². The van der Waals surface area contributed by atoms with Crippen LogP contribution in [0.15, 0.2) is 36.4 Å². The van der Waals surface area contributed by atoms with Crippen LogP contribution in [0.25, 0.3) is 10.2 Å². The number of benzene rings is 1. The number of rotatable bonds is 5. The average molecular weight is 402 g/mol. The lowest BCUT2D eigenvalue weighted by Crippen LogP contribution is -2.21. The Kier molecular flexibility index (Phi) is 5.27. The first kappa shape index (κ1) is 18.2. The first-order valence-corrected chi connectivity index (χ1v) is 10.3. The highest BCUT2D eigenvalue weighted by Gasteiger charge is 2.29. The first-order chi connectivity index (χ1) is 13.1. The summed E-state index contributed by atoms with van der Waals surface area (Å²) < 4.78 is 0.689. The Bertz CT molecular complexity index is 953. The molecule has 1 aromatic carbocycles. The lowest BCUT2D eigenvalue weighted by molar-refractivity contribution is -0.142. The van der Waals surface area contributed by atoms with Gasteiger partial charge in [-0.2, -0.15) is 0 Å². The molecule has 1 saturated carbocycles. The van der Waals surface area contributed by atoms with E-state index in [0.29, 0.717) is 23.7 Å². The molecule has 2 aromatic heterocycles. The van der Waals surface area contributed by atoms with Crippen molar-refractivity contribution < 1.29 is 9.90 Å². The monoisotopic (exact) mass is 401 g/mol. The molecular formula is C20H20ClN3O2S. The van der Waals surface area contributed by atoms with E-state index in [1.807, 2.05) is 24.3 Å². The average Bonchev–Trinajstić information content (AvgIpc) is 3.07. The van der Waals surface area contributed by atoms with Gasteiger partial charge < -0.3 is 10.4 Å². The summed E-state index contributed by atoms with van der Waals surface area (Å²) in [7, 11) is 0. The topological polar surface area (TPSA) is 75.1 Å². The number of nitrogens with one attached hydrogen (secondary N) is 1. The van der Waals surface area contributed by atoms with E-state index in [0.717, 1.165) is 34.7 Å². The van der Waals surface area contributed by atoms with Gasteiger partial charge in [-0.15, -0.1) is 11.3 Å². The fourth-order valence-electron chi connectivity index (χ4n) is 3.61. The van der Waals surface area contributed by atoms with Gasteiger partial charge in [0.25, 0.3) is 0 Å². The van der Waals surface area contributed by atoms with Crippen molar-refractivity contribution in [2.75, 3.05) is 5.32 Å². The molecule has 1 fully saturated rings. The third-order valence-electron chi connectivity index (χ3n) is 5.12. The van der Waals surface area contributed by atoms with Crippen molar-refractivity contribution in [3.63, 3.8) is 0 Å². The molecule has 0 spiro atoms. The molecule has 0 bridgehead atoms. The van der Waals surface area contributed by atoms with Gasteiger partial charge in [0.05, 0.1) is 15.6 Å². The van der Waals surface area contributed by atoms with Gasteiger partial charge in [-0.1, -0.05) is 41.9 Å². The number of fused-ring (bicyclic) bond motifs is 1. The van der Waals surface area contributed by atoms with E-state index in [1.54, 1.807) is 0 Å². The molecule has 2 N–H and O–H groups in total. The second-order valence-corrected chi connectivity index (χ2v) is 8.59. The van der Waals surface area contributed by atoms with Gasteiger partial charge in [0, 0.05) is 12.5 Å². The molecule has 0 amide bonds. The lowest BCUT2D eigenvalue weighted by atomic mass is 9.81. The zero-order valence-corrected chi connectivity index (χ0v) is 16.3. The summed E-state index contributed by atoms with van der Waals surface area (Å²) >= 11 is 7.67. The van der Waals surface area contributed by atoms with Crippen molar-refractivity contribution >= 4 is 44.9 Å². The summed E-state index contributed by atoms with van der Waals surface area (Å²) in [4.78, 5) is 21.6. The van der Waals surface area contributed by atoms with Crippen LogP contribution in [0, 0.1) is 5.92 Å². The Labute approximate surface area is 166 Å². The summed E-state index contributed by atoms with van der Waals surface area (Å²) in [5, 5.41) is 13.6. The van der Waals surface area contributed by atoms with Gasteiger partial charge in [-0.05, 0) is 37.3 Å². The normalized spacial score (nSPS) is 19.9. The minimum atomic E-state index is -0.694. The Morgan fingerprint density at radius 3 is 2.63 bits per heavy atom. The molecule has 140 valence electrons. The number of aromatic nitrogens is 2. The molecule has 0 aliphatic heterocycles. The van der Waals surface area contributed by atoms with Crippen molar-refractivity contribution in [3.05, 3.63) is 52.1 Å². The Morgan fingerprint density at radius 2 is 1.93 bits per heavy atom. The number of aliphatic carboxylic acids is 1. The highest BCUT2D eigenvalue weighted by atomic mass is 35.5. The summed E-state index contributed by atoms with van der Waals surface area (Å²) in [6.07, 6.45) is 2.97. The number of carbonyl (C=O) groups is 1. The van der Waals surface area contributed by atoms with E-state index >= 15 is 0 Å². The second kappa shape index (κ2) is 7.82. The van der Waals surface area contributed by atoms with Gasteiger partial charge in [0.2, 0.25) is 0 Å². The zero-order chi connectivity index (χ0) is 18.8. The van der Waals surface area contributed by atoms with Gasteiger partial charge in [0.15, 0.2) is 0 Å². The van der Waals surface area contributed by atoms with E-state index in [1.165, 1.54) is 16.9 Å². The molecular weight excluding hydrogens is 382 g/mol. The highest BCUT2D eigenvalue weighted by Crippen LogP contribution is 2.38. The number of anilines is 1. The minimum absolute atomic E-state index is 0.197. The smallest absolute Gasteiger partial charge is 0.306 e. The minimum Gasteiger partial charge on any atom is -0.481 e. The molecule has 0 unspecified atom stereocenters. The molecule has 0 saturated heterocycles. The van der Waals surface area contributed by atoms with E-state index in [4.69, 9.17) is 21.6 Å². The number of carboxylic acid groups (broad SMARTS) is 1. The zero-order valence-electron chi connectivity index (χ0n) is 14.7. The second-order valence-electron chi connectivity index (χ2n) is 6.93. The third kappa shape index (κ3) is 4.06. The molecule has 0 atom stereocenters. The molecule has 3 aromatic rings. The molecule has 5 nitrogen and oxygen atoms in total. The Hall–Kier alpha value is -2.18. The van der Waals surface area contributed by atoms with E-state index in [2.05, 4.69) is 17.4 Å². The maximum Gasteiger partial charge on any atom is 0.306 e. The molecule has 27 heavy (non-hydrogen) atoms. The van der Waals surface area contributed by atoms with Gasteiger partial charge in [-0.25, -0.2) is 9.97 Å². The summed E-state index contributed by atoms with van der Waals surface area (Å²) in [5.74, 6) is 0.850. The third-order valence-corrected chi connectivity index (χ3v) is 6.28. The SMILES string of the molecule is O=C(O)C1CCC(c2nc(NCc3ccccc3)c3cc(Cl)sc3n2)CC1. The van der Waals surface area contributed by atoms with E-state index < -0.39 is 5.97 Å². The maximum absolute atomic E-state index is 11.2. The fraction of sp³-hybridized carbons (Fsp3) is 0.350. The fourth-order valence-corrected chi connectivity index (χ4v) is 4.70. The van der Waals surface area contributed by atoms with Crippen molar-refractivity contribution in [1.29, 1.82) is 0 Å². The van der Waals surface area contributed by atoms with Gasteiger partial charge in [0.1, 0.15) is 16.5 Å². The first-order valence-electron chi connectivity index (χ1n) is 9.07. The molecule has 2 heterocycles. The number of nitrogens with zero attached hydrogens (tertiary/aromatic N) is 2. The van der Waals surface area contributed by atoms with Gasteiger partial charge >= 0.3 is 5.97 Å². The summed E-state index contributed by atoms with van der Waals surface area (Å²) in [6, 6.07) is 12.1. The number of carboxylic acids is 1. The van der Waals surface area contributed by atoms with Crippen molar-refractivity contribution in [2.45, 2.75) is 38.1 Å². The van der Waals surface area contributed by atoms with Crippen LogP contribution < -0.4 is 5.32 Å². The van der Waals surface area contributed by atoms with Crippen molar-refractivity contribution in [3.8, 4) is 0 Å². The number of hydrogen-bond acceptors (Lipinski definition) is 5. The van der Waals surface area contributed by atoms with Crippen LogP contribution in [0.3, 0.4) is 0 Å². The number of thiophene rings is 1. The summed E-state index contributed by atoms with van der Waals surface area (Å²) in [5.41, 5.74) is 1.18. The standard InChI is InChI=1S/C20H20ClN3O2S/c21-16-10-15-18(22-11-12-4-2-1-3-5-12)23-17(24-19(15)27-16)13-6-8-14(9-7-13)20(25)26/h1-5,10,13-14H,6-9,11H2,(H,25,26)(H,22,23,24). The van der Waals surface area contributed by atoms with Crippen LogP contribution >= 0.6 is 22.9 Å². The van der Waals surface area contributed by atoms with E-state index in [9.17, 15) is 9.90 Å². The van der Waals surface area contributed by atoms with Crippen LogP contribution in [-0.4, -0.2) is 21.0 Å².